The molecule has 1 rings (SSSR count). The Kier molecular flexibility index (Phi) is 7.26. The number of halogens is 1. The van der Waals surface area contributed by atoms with E-state index in [4.69, 9.17) is 21.4 Å². The molecule has 0 atom stereocenters. The average Bonchev–Trinajstić information content (AvgIpc) is 2.37. The van der Waals surface area contributed by atoms with E-state index in [2.05, 4.69) is 11.9 Å². The van der Waals surface area contributed by atoms with Crippen LogP contribution in [0.15, 0.2) is 12.1 Å². The quantitative estimate of drug-likeness (QED) is 0.546. The van der Waals surface area contributed by atoms with Gasteiger partial charge in [-0.3, -0.25) is 0 Å². The summed E-state index contributed by atoms with van der Waals surface area (Å²) >= 11 is 5.74. The third kappa shape index (κ3) is 6.43. The largest absolute Gasteiger partial charge is 0.478 e. The van der Waals surface area contributed by atoms with Gasteiger partial charge in [0.05, 0.1) is 12.2 Å². The highest BCUT2D eigenvalue weighted by Gasteiger charge is 2.08. The second-order valence-corrected chi connectivity index (χ2v) is 4.83. The van der Waals surface area contributed by atoms with Crippen molar-refractivity contribution in [3.8, 4) is 5.88 Å². The van der Waals surface area contributed by atoms with Gasteiger partial charge in [-0.2, -0.15) is 0 Å². The molecule has 0 aromatic carbocycles. The Balaban J connectivity index is 2.31. The normalized spacial score (nSPS) is 10.4. The van der Waals surface area contributed by atoms with Gasteiger partial charge in [0.2, 0.25) is 5.88 Å². The summed E-state index contributed by atoms with van der Waals surface area (Å²) in [6, 6.07) is 2.70. The third-order valence-corrected chi connectivity index (χ3v) is 2.96. The molecule has 0 radical (unpaired) electrons. The summed E-state index contributed by atoms with van der Waals surface area (Å²) in [7, 11) is 0. The summed E-state index contributed by atoms with van der Waals surface area (Å²) in [4.78, 5) is 14.8. The molecule has 0 spiro atoms. The Morgan fingerprint density at radius 3 is 2.63 bits per heavy atom. The van der Waals surface area contributed by atoms with Crippen LogP contribution >= 0.6 is 11.6 Å². The van der Waals surface area contributed by atoms with Gasteiger partial charge in [0.1, 0.15) is 5.15 Å². The number of carboxylic acids is 1. The van der Waals surface area contributed by atoms with E-state index in [-0.39, 0.29) is 16.6 Å². The molecule has 0 aliphatic carbocycles. The maximum absolute atomic E-state index is 10.8. The number of pyridine rings is 1. The zero-order valence-corrected chi connectivity index (χ0v) is 11.9. The average molecular weight is 286 g/mol. The van der Waals surface area contributed by atoms with E-state index in [0.717, 1.165) is 12.8 Å². The molecule has 0 amide bonds. The van der Waals surface area contributed by atoms with Gasteiger partial charge in [0.15, 0.2) is 0 Å². The van der Waals surface area contributed by atoms with E-state index in [1.165, 1.54) is 37.8 Å². The predicted octanol–water partition coefficient (Wildman–Crippen LogP) is 4.17. The van der Waals surface area contributed by atoms with Crippen LogP contribution in [-0.2, 0) is 0 Å². The lowest BCUT2D eigenvalue weighted by atomic mass is 10.1. The van der Waals surface area contributed by atoms with Crippen LogP contribution in [0.1, 0.15) is 55.8 Å². The number of nitrogens with zero attached hydrogens (tertiary/aromatic N) is 1. The molecule has 0 aliphatic rings. The molecule has 19 heavy (non-hydrogen) atoms. The number of aromatic nitrogens is 1. The standard InChI is InChI=1S/C14H20ClNO3/c1-2-3-4-5-6-7-8-19-13-10-11(14(17)18)9-12(15)16-13/h9-10H,2-8H2,1H3,(H,17,18). The van der Waals surface area contributed by atoms with Gasteiger partial charge in [-0.15, -0.1) is 0 Å². The lowest BCUT2D eigenvalue weighted by Crippen LogP contribution is -2.02. The predicted molar refractivity (Wildman–Crippen MR) is 75.1 cm³/mol. The molecule has 0 saturated carbocycles. The fourth-order valence-corrected chi connectivity index (χ4v) is 1.93. The minimum absolute atomic E-state index is 0.0953. The lowest BCUT2D eigenvalue weighted by Gasteiger charge is -2.06. The van der Waals surface area contributed by atoms with E-state index in [1.807, 2.05) is 0 Å². The molecule has 0 unspecified atom stereocenters. The van der Waals surface area contributed by atoms with Crippen LogP contribution in [-0.4, -0.2) is 22.7 Å². The zero-order chi connectivity index (χ0) is 14.1. The number of aromatic carboxylic acids is 1. The van der Waals surface area contributed by atoms with Gasteiger partial charge in [0, 0.05) is 6.07 Å². The van der Waals surface area contributed by atoms with E-state index >= 15 is 0 Å². The molecule has 5 heteroatoms. The van der Waals surface area contributed by atoms with Gasteiger partial charge >= 0.3 is 5.97 Å². The van der Waals surface area contributed by atoms with Crippen molar-refractivity contribution in [3.05, 3.63) is 22.8 Å². The maximum Gasteiger partial charge on any atom is 0.335 e. The summed E-state index contributed by atoms with van der Waals surface area (Å²) in [5.74, 6) is -0.757. The number of ether oxygens (including phenoxy) is 1. The van der Waals surface area contributed by atoms with Gasteiger partial charge in [-0.25, -0.2) is 9.78 Å². The van der Waals surface area contributed by atoms with Crippen LogP contribution in [0.25, 0.3) is 0 Å². The van der Waals surface area contributed by atoms with Crippen molar-refractivity contribution in [1.29, 1.82) is 0 Å². The van der Waals surface area contributed by atoms with E-state index in [1.54, 1.807) is 0 Å². The summed E-state index contributed by atoms with van der Waals surface area (Å²) in [6.45, 7) is 2.73. The first-order valence-corrected chi connectivity index (χ1v) is 7.05. The molecular formula is C14H20ClNO3. The molecule has 0 fully saturated rings. The third-order valence-electron chi connectivity index (χ3n) is 2.77. The van der Waals surface area contributed by atoms with Crippen LogP contribution in [0, 0.1) is 0 Å². The summed E-state index contributed by atoms with van der Waals surface area (Å²) in [6.07, 6.45) is 7.04. The molecular weight excluding hydrogens is 266 g/mol. The van der Waals surface area contributed by atoms with Crippen LogP contribution in [0.3, 0.4) is 0 Å². The van der Waals surface area contributed by atoms with Gasteiger partial charge in [0.25, 0.3) is 0 Å². The molecule has 1 N–H and O–H groups in total. The smallest absolute Gasteiger partial charge is 0.335 e. The fourth-order valence-electron chi connectivity index (χ4n) is 1.73. The van der Waals surface area contributed by atoms with Crippen LogP contribution in [0.2, 0.25) is 5.15 Å². The lowest BCUT2D eigenvalue weighted by molar-refractivity contribution is 0.0696. The second-order valence-electron chi connectivity index (χ2n) is 4.44. The Hall–Kier alpha value is -1.29. The molecule has 0 saturated heterocycles. The molecule has 1 aromatic heterocycles. The van der Waals surface area contributed by atoms with E-state index in [0.29, 0.717) is 6.61 Å². The number of rotatable bonds is 9. The Bertz CT molecular complexity index is 410. The highest BCUT2D eigenvalue weighted by atomic mass is 35.5. The topological polar surface area (TPSA) is 59.4 Å². The summed E-state index contributed by atoms with van der Waals surface area (Å²) in [5, 5.41) is 9.02. The molecule has 1 heterocycles. The number of hydrogen-bond donors (Lipinski definition) is 1. The highest BCUT2D eigenvalue weighted by molar-refractivity contribution is 6.29. The van der Waals surface area contributed by atoms with Crippen molar-refractivity contribution in [2.75, 3.05) is 6.61 Å². The minimum atomic E-state index is -1.03. The number of hydrogen-bond acceptors (Lipinski definition) is 3. The molecule has 0 bridgehead atoms. The van der Waals surface area contributed by atoms with Gasteiger partial charge < -0.3 is 9.84 Å². The first kappa shape index (κ1) is 15.8. The maximum atomic E-state index is 10.8. The number of carbonyl (C=O) groups is 1. The van der Waals surface area contributed by atoms with Gasteiger partial charge in [-0.05, 0) is 12.5 Å². The SMILES string of the molecule is CCCCCCCCOc1cc(C(=O)O)cc(Cl)n1. The van der Waals surface area contributed by atoms with Gasteiger partial charge in [-0.1, -0.05) is 50.6 Å². The second kappa shape index (κ2) is 8.75. The van der Waals surface area contributed by atoms with Crippen molar-refractivity contribution < 1.29 is 14.6 Å². The van der Waals surface area contributed by atoms with Crippen LogP contribution in [0.5, 0.6) is 5.88 Å². The Morgan fingerprint density at radius 2 is 1.95 bits per heavy atom. The summed E-state index contributed by atoms with van der Waals surface area (Å²) < 4.78 is 5.43. The van der Waals surface area contributed by atoms with Crippen molar-refractivity contribution in [1.82, 2.24) is 4.98 Å². The molecule has 1 aromatic rings. The fraction of sp³-hybridized carbons (Fsp3) is 0.571. The number of unbranched alkanes of at least 4 members (excludes halogenated alkanes) is 5. The first-order valence-electron chi connectivity index (χ1n) is 6.67. The molecule has 0 aliphatic heterocycles. The summed E-state index contributed by atoms with van der Waals surface area (Å²) in [5.41, 5.74) is 0.0953. The minimum Gasteiger partial charge on any atom is -0.478 e. The van der Waals surface area contributed by atoms with Crippen molar-refractivity contribution >= 4 is 17.6 Å². The Labute approximate surface area is 118 Å². The van der Waals surface area contributed by atoms with Crippen molar-refractivity contribution in [2.45, 2.75) is 45.4 Å². The first-order chi connectivity index (χ1) is 9.13. The molecule has 4 nitrogen and oxygen atoms in total. The highest BCUT2D eigenvalue weighted by Crippen LogP contribution is 2.17. The van der Waals surface area contributed by atoms with Crippen LogP contribution in [0.4, 0.5) is 0 Å². The number of carboxylic acid groups (broad SMARTS) is 1. The Morgan fingerprint density at radius 1 is 1.26 bits per heavy atom. The molecule has 106 valence electrons. The van der Waals surface area contributed by atoms with Crippen molar-refractivity contribution in [2.24, 2.45) is 0 Å². The zero-order valence-electron chi connectivity index (χ0n) is 11.2. The van der Waals surface area contributed by atoms with E-state index < -0.39 is 5.97 Å². The monoisotopic (exact) mass is 285 g/mol. The van der Waals surface area contributed by atoms with E-state index in [9.17, 15) is 4.79 Å². The van der Waals surface area contributed by atoms with Crippen LogP contribution < -0.4 is 4.74 Å². The van der Waals surface area contributed by atoms with Crippen molar-refractivity contribution in [3.63, 3.8) is 0 Å².